The summed E-state index contributed by atoms with van der Waals surface area (Å²) >= 11 is 0. The van der Waals surface area contributed by atoms with Crippen LogP contribution in [0.2, 0.25) is 0 Å². The van der Waals surface area contributed by atoms with Gasteiger partial charge < -0.3 is 9.47 Å². The van der Waals surface area contributed by atoms with E-state index in [1.807, 2.05) is 48.5 Å². The van der Waals surface area contributed by atoms with E-state index in [2.05, 4.69) is 107 Å². The van der Waals surface area contributed by atoms with Crippen molar-refractivity contribution in [3.8, 4) is 79.4 Å². The van der Waals surface area contributed by atoms with Crippen molar-refractivity contribution in [3.63, 3.8) is 0 Å². The molecule has 5 nitrogen and oxygen atoms in total. The zero-order valence-electron chi connectivity index (χ0n) is 28.3. The molecule has 50 heavy (non-hydrogen) atoms. The lowest BCUT2D eigenvalue weighted by Gasteiger charge is -2.25. The predicted octanol–water partition coefficient (Wildman–Crippen LogP) is 11.4. The van der Waals surface area contributed by atoms with Crippen LogP contribution in [-0.2, 0) is 10.8 Å². The molecule has 3 aliphatic rings. The molecule has 0 radical (unpaired) electrons. The van der Waals surface area contributed by atoms with Gasteiger partial charge in [0.05, 0.1) is 0 Å². The van der Waals surface area contributed by atoms with E-state index in [1.165, 1.54) is 44.5 Å². The molecule has 10 rings (SSSR count). The lowest BCUT2D eigenvalue weighted by molar-refractivity contribution is 0.359. The van der Waals surface area contributed by atoms with E-state index in [0.29, 0.717) is 34.7 Å². The lowest BCUT2D eigenvalue weighted by Crippen LogP contribution is -2.15. The molecule has 2 aliphatic carbocycles. The van der Waals surface area contributed by atoms with Crippen LogP contribution in [0.15, 0.2) is 127 Å². The maximum Gasteiger partial charge on any atom is 0.170 e. The minimum absolute atomic E-state index is 0.125. The zero-order valence-corrected chi connectivity index (χ0v) is 28.3. The van der Waals surface area contributed by atoms with Crippen molar-refractivity contribution in [1.29, 1.82) is 0 Å². The summed E-state index contributed by atoms with van der Waals surface area (Å²) in [4.78, 5) is 15.1. The average molecular weight is 648 g/mol. The third-order valence-electron chi connectivity index (χ3n) is 10.8. The van der Waals surface area contributed by atoms with E-state index in [9.17, 15) is 0 Å². The summed E-state index contributed by atoms with van der Waals surface area (Å²) in [5.41, 5.74) is 12.6. The van der Waals surface area contributed by atoms with Gasteiger partial charge in [-0.2, -0.15) is 0 Å². The Morgan fingerprint density at radius 2 is 0.840 bits per heavy atom. The first-order chi connectivity index (χ1) is 24.3. The van der Waals surface area contributed by atoms with Crippen LogP contribution in [0, 0.1) is 0 Å². The highest BCUT2D eigenvalue weighted by Crippen LogP contribution is 2.55. The van der Waals surface area contributed by atoms with Crippen molar-refractivity contribution in [2.45, 2.75) is 38.5 Å². The quantitative estimate of drug-likeness (QED) is 0.191. The van der Waals surface area contributed by atoms with Crippen molar-refractivity contribution in [1.82, 2.24) is 15.0 Å². The third kappa shape index (κ3) is 4.16. The molecule has 1 aliphatic heterocycles. The molecule has 0 bridgehead atoms. The fourth-order valence-electron chi connectivity index (χ4n) is 8.11. The van der Waals surface area contributed by atoms with Gasteiger partial charge in [-0.1, -0.05) is 119 Å². The summed E-state index contributed by atoms with van der Waals surface area (Å²) < 4.78 is 13.1. The number of benzene rings is 6. The van der Waals surface area contributed by atoms with Crippen LogP contribution >= 0.6 is 0 Å². The highest BCUT2D eigenvalue weighted by Gasteiger charge is 2.38. The molecule has 5 heteroatoms. The van der Waals surface area contributed by atoms with E-state index >= 15 is 0 Å². The van der Waals surface area contributed by atoms with Gasteiger partial charge in [-0.3, -0.25) is 0 Å². The van der Waals surface area contributed by atoms with E-state index < -0.39 is 0 Å². The number of fused-ring (bicyclic) bond motifs is 8. The summed E-state index contributed by atoms with van der Waals surface area (Å²) in [5.74, 6) is 4.52. The van der Waals surface area contributed by atoms with E-state index in [0.717, 1.165) is 22.4 Å². The Bertz CT molecular complexity index is 2550. The standard InChI is InChI=1S/C45H33N3O2/c1-44(2)33-16-10-8-14-29(33)31-20-18-27(22-35(31)44)42-46-41(26-12-6-5-7-13-26)47-43(48-42)28-19-21-37-38(23-28)50-39-24-32-30-15-9-11-17-34(30)45(3,4)36(32)25-40(39)49-37/h5-25H,1-4H3. The van der Waals surface area contributed by atoms with Gasteiger partial charge in [-0.25, -0.2) is 15.0 Å². The number of hydrogen-bond acceptors (Lipinski definition) is 5. The number of hydrogen-bond donors (Lipinski definition) is 0. The van der Waals surface area contributed by atoms with Gasteiger partial charge in [-0.05, 0) is 80.9 Å². The molecule has 0 saturated carbocycles. The molecule has 0 amide bonds. The Balaban J connectivity index is 1.07. The number of nitrogens with zero attached hydrogens (tertiary/aromatic N) is 3. The van der Waals surface area contributed by atoms with Crippen LogP contribution in [0.25, 0.3) is 56.4 Å². The van der Waals surface area contributed by atoms with Gasteiger partial charge in [-0.15, -0.1) is 0 Å². The van der Waals surface area contributed by atoms with Gasteiger partial charge in [0.25, 0.3) is 0 Å². The summed E-state index contributed by atoms with van der Waals surface area (Å²) in [6.07, 6.45) is 0. The van der Waals surface area contributed by atoms with Crippen molar-refractivity contribution < 1.29 is 9.47 Å². The third-order valence-corrected chi connectivity index (χ3v) is 10.8. The Hall–Kier alpha value is -6.07. The van der Waals surface area contributed by atoms with Crippen molar-refractivity contribution in [2.24, 2.45) is 0 Å². The second kappa shape index (κ2) is 10.2. The first kappa shape index (κ1) is 28.9. The average Bonchev–Trinajstić information content (AvgIpc) is 3.52. The second-order valence-electron chi connectivity index (χ2n) is 14.5. The van der Waals surface area contributed by atoms with Gasteiger partial charge in [0, 0.05) is 27.5 Å². The Kier molecular flexibility index (Phi) is 5.91. The lowest BCUT2D eigenvalue weighted by atomic mass is 9.82. The molecule has 0 N–H and O–H groups in total. The Morgan fingerprint density at radius 3 is 1.54 bits per heavy atom. The first-order valence-electron chi connectivity index (χ1n) is 17.1. The maximum atomic E-state index is 6.59. The SMILES string of the molecule is CC1(C)c2ccccc2-c2ccc(-c3nc(-c4ccccc4)nc(-c4ccc5c(c4)Oc4cc6c(cc4O5)C(C)(C)c4ccccc4-6)n3)cc21. The van der Waals surface area contributed by atoms with E-state index in [1.54, 1.807) is 0 Å². The maximum absolute atomic E-state index is 6.59. The molecule has 6 aromatic carbocycles. The van der Waals surface area contributed by atoms with Crippen LogP contribution in [-0.4, -0.2) is 15.0 Å². The van der Waals surface area contributed by atoms with Crippen LogP contribution < -0.4 is 9.47 Å². The van der Waals surface area contributed by atoms with Crippen molar-refractivity contribution in [3.05, 3.63) is 150 Å². The zero-order chi connectivity index (χ0) is 33.8. The number of ether oxygens (including phenoxy) is 2. The number of rotatable bonds is 3. The molecule has 0 fully saturated rings. The molecule has 0 atom stereocenters. The Morgan fingerprint density at radius 1 is 0.360 bits per heavy atom. The monoisotopic (exact) mass is 647 g/mol. The minimum Gasteiger partial charge on any atom is -0.450 e. The van der Waals surface area contributed by atoms with Gasteiger partial charge in [0.1, 0.15) is 0 Å². The van der Waals surface area contributed by atoms with Crippen LogP contribution in [0.1, 0.15) is 49.9 Å². The molecule has 240 valence electrons. The smallest absolute Gasteiger partial charge is 0.170 e. The molecule has 0 saturated heterocycles. The van der Waals surface area contributed by atoms with Crippen LogP contribution in [0.5, 0.6) is 23.0 Å². The molecule has 0 unspecified atom stereocenters. The van der Waals surface area contributed by atoms with Crippen LogP contribution in [0.4, 0.5) is 0 Å². The molecule has 2 heterocycles. The van der Waals surface area contributed by atoms with Crippen molar-refractivity contribution in [2.75, 3.05) is 0 Å². The summed E-state index contributed by atoms with van der Waals surface area (Å²) in [6, 6.07) is 44.1. The Labute approximate surface area is 291 Å². The molecular formula is C45H33N3O2. The fraction of sp³-hybridized carbons (Fsp3) is 0.133. The minimum atomic E-state index is -0.135. The molecular weight excluding hydrogens is 615 g/mol. The molecule has 7 aromatic rings. The molecule has 1 aromatic heterocycles. The second-order valence-corrected chi connectivity index (χ2v) is 14.5. The van der Waals surface area contributed by atoms with Crippen molar-refractivity contribution >= 4 is 0 Å². The highest BCUT2D eigenvalue weighted by molar-refractivity contribution is 5.85. The van der Waals surface area contributed by atoms with Gasteiger partial charge in [0.2, 0.25) is 0 Å². The first-order valence-corrected chi connectivity index (χ1v) is 17.1. The fourth-order valence-corrected chi connectivity index (χ4v) is 8.11. The predicted molar refractivity (Wildman–Crippen MR) is 198 cm³/mol. The van der Waals surface area contributed by atoms with Gasteiger partial charge >= 0.3 is 0 Å². The summed E-state index contributed by atoms with van der Waals surface area (Å²) in [6.45, 7) is 9.11. The summed E-state index contributed by atoms with van der Waals surface area (Å²) in [5, 5.41) is 0. The normalized spacial score (nSPS) is 15.0. The summed E-state index contributed by atoms with van der Waals surface area (Å²) in [7, 11) is 0. The van der Waals surface area contributed by atoms with Gasteiger partial charge in [0.15, 0.2) is 40.5 Å². The van der Waals surface area contributed by atoms with E-state index in [-0.39, 0.29) is 10.8 Å². The number of aromatic nitrogens is 3. The largest absolute Gasteiger partial charge is 0.450 e. The topological polar surface area (TPSA) is 57.1 Å². The highest BCUT2D eigenvalue weighted by atomic mass is 16.6. The van der Waals surface area contributed by atoms with Crippen LogP contribution in [0.3, 0.4) is 0 Å². The molecule has 0 spiro atoms. The van der Waals surface area contributed by atoms with E-state index in [4.69, 9.17) is 24.4 Å².